The molecular weight excluding hydrogens is 320 g/mol. The van der Waals surface area contributed by atoms with E-state index in [-0.39, 0.29) is 18.0 Å². The maximum atomic E-state index is 11.9. The second-order valence-corrected chi connectivity index (χ2v) is 5.95. The summed E-state index contributed by atoms with van der Waals surface area (Å²) in [5.74, 6) is 0.415. The minimum Gasteiger partial charge on any atom is -0.354 e. The van der Waals surface area contributed by atoms with Crippen molar-refractivity contribution in [3.63, 3.8) is 0 Å². The molecule has 5 heteroatoms. The first-order chi connectivity index (χ1) is 9.56. The second kappa shape index (κ2) is 8.95. The topological polar surface area (TPSA) is 51.1 Å². The average molecular weight is 343 g/mol. The van der Waals surface area contributed by atoms with Gasteiger partial charge in [-0.05, 0) is 34.3 Å². The molecule has 1 amide bonds. The number of carbonyl (C=O) groups excluding carboxylic acids is 1. The van der Waals surface area contributed by atoms with E-state index < -0.39 is 0 Å². The average Bonchev–Trinajstić information content (AvgIpc) is 2.43. The molecule has 0 saturated carbocycles. The van der Waals surface area contributed by atoms with Crippen molar-refractivity contribution in [3.05, 3.63) is 33.2 Å². The molecule has 0 spiro atoms. The molecule has 1 rings (SSSR count). The SMILES string of the molecule is CCCCC(CC)CNC(=O)Cn1cc(Br)ccc1=O. The van der Waals surface area contributed by atoms with Gasteiger partial charge in [0.15, 0.2) is 0 Å². The highest BCUT2D eigenvalue weighted by molar-refractivity contribution is 9.10. The van der Waals surface area contributed by atoms with E-state index in [0.29, 0.717) is 12.5 Å². The van der Waals surface area contributed by atoms with Gasteiger partial charge in [-0.1, -0.05) is 33.1 Å². The van der Waals surface area contributed by atoms with Crippen LogP contribution in [0, 0.1) is 5.92 Å². The number of rotatable bonds is 8. The highest BCUT2D eigenvalue weighted by Crippen LogP contribution is 2.11. The highest BCUT2D eigenvalue weighted by Gasteiger charge is 2.09. The van der Waals surface area contributed by atoms with Crippen LogP contribution in [0.2, 0.25) is 0 Å². The maximum Gasteiger partial charge on any atom is 0.251 e. The lowest BCUT2D eigenvalue weighted by molar-refractivity contribution is -0.121. The van der Waals surface area contributed by atoms with E-state index in [4.69, 9.17) is 0 Å². The second-order valence-electron chi connectivity index (χ2n) is 5.03. The number of hydrogen-bond donors (Lipinski definition) is 1. The fourth-order valence-electron chi connectivity index (χ4n) is 2.04. The van der Waals surface area contributed by atoms with Crippen molar-refractivity contribution in [1.29, 1.82) is 0 Å². The van der Waals surface area contributed by atoms with E-state index in [1.807, 2.05) is 0 Å². The Kier molecular flexibility index (Phi) is 7.59. The Morgan fingerprint density at radius 2 is 2.15 bits per heavy atom. The molecule has 1 atom stereocenters. The Morgan fingerprint density at radius 3 is 2.80 bits per heavy atom. The van der Waals surface area contributed by atoms with Crippen LogP contribution in [0.3, 0.4) is 0 Å². The van der Waals surface area contributed by atoms with E-state index in [1.54, 1.807) is 12.3 Å². The first kappa shape index (κ1) is 17.0. The van der Waals surface area contributed by atoms with Gasteiger partial charge >= 0.3 is 0 Å². The van der Waals surface area contributed by atoms with Crippen LogP contribution < -0.4 is 10.9 Å². The fraction of sp³-hybridized carbons (Fsp3) is 0.600. The molecule has 112 valence electrons. The third-order valence-corrected chi connectivity index (χ3v) is 3.86. The van der Waals surface area contributed by atoms with Crippen LogP contribution >= 0.6 is 15.9 Å². The Hall–Kier alpha value is -1.10. The van der Waals surface area contributed by atoms with Crippen molar-refractivity contribution < 1.29 is 4.79 Å². The maximum absolute atomic E-state index is 11.9. The summed E-state index contributed by atoms with van der Waals surface area (Å²) in [5.41, 5.74) is -0.165. The molecule has 0 fully saturated rings. The van der Waals surface area contributed by atoms with Crippen LogP contribution in [0.4, 0.5) is 0 Å². The monoisotopic (exact) mass is 342 g/mol. The standard InChI is InChI=1S/C15H23BrN2O2/c1-3-5-6-12(4-2)9-17-14(19)11-18-10-13(16)7-8-15(18)20/h7-8,10,12H,3-6,9,11H2,1-2H3,(H,17,19). The van der Waals surface area contributed by atoms with Crippen LogP contribution in [0.15, 0.2) is 27.6 Å². The predicted octanol–water partition coefficient (Wildman–Crippen LogP) is 2.94. The fourth-order valence-corrected chi connectivity index (χ4v) is 2.42. The van der Waals surface area contributed by atoms with Gasteiger partial charge in [-0.25, -0.2) is 0 Å². The minimum atomic E-state index is -0.165. The predicted molar refractivity (Wildman–Crippen MR) is 84.7 cm³/mol. The third-order valence-electron chi connectivity index (χ3n) is 3.39. The summed E-state index contributed by atoms with van der Waals surface area (Å²) < 4.78 is 2.20. The molecule has 0 aliphatic rings. The number of hydrogen-bond acceptors (Lipinski definition) is 2. The molecule has 0 aliphatic carbocycles. The van der Waals surface area contributed by atoms with E-state index >= 15 is 0 Å². The smallest absolute Gasteiger partial charge is 0.251 e. The molecule has 1 unspecified atom stereocenters. The van der Waals surface area contributed by atoms with Crippen molar-refractivity contribution in [2.75, 3.05) is 6.54 Å². The largest absolute Gasteiger partial charge is 0.354 e. The van der Waals surface area contributed by atoms with Gasteiger partial charge in [0.05, 0.1) is 0 Å². The molecule has 0 saturated heterocycles. The summed E-state index contributed by atoms with van der Waals surface area (Å²) in [6.07, 6.45) is 6.22. The van der Waals surface area contributed by atoms with Gasteiger partial charge in [0.25, 0.3) is 5.56 Å². The van der Waals surface area contributed by atoms with Crippen LogP contribution in [0.25, 0.3) is 0 Å². The molecule has 0 radical (unpaired) electrons. The molecule has 0 aromatic carbocycles. The normalized spacial score (nSPS) is 12.2. The third kappa shape index (κ3) is 5.90. The zero-order valence-electron chi connectivity index (χ0n) is 12.2. The first-order valence-corrected chi connectivity index (χ1v) is 7.98. The Balaban J connectivity index is 2.47. The summed E-state index contributed by atoms with van der Waals surface area (Å²) in [6, 6.07) is 3.13. The number of carbonyl (C=O) groups is 1. The Bertz CT molecular complexity index is 485. The summed E-state index contributed by atoms with van der Waals surface area (Å²) in [6.45, 7) is 5.08. The van der Waals surface area contributed by atoms with Crippen LogP contribution in [-0.4, -0.2) is 17.0 Å². The molecule has 1 N–H and O–H groups in total. The van der Waals surface area contributed by atoms with Crippen molar-refractivity contribution in [2.24, 2.45) is 5.92 Å². The molecule has 0 aliphatic heterocycles. The molecule has 1 aromatic heterocycles. The first-order valence-electron chi connectivity index (χ1n) is 7.19. The van der Waals surface area contributed by atoms with Crippen LogP contribution in [0.1, 0.15) is 39.5 Å². The summed E-state index contributed by atoms with van der Waals surface area (Å²) in [7, 11) is 0. The van der Waals surface area contributed by atoms with Crippen molar-refractivity contribution >= 4 is 21.8 Å². The lowest BCUT2D eigenvalue weighted by atomic mass is 9.99. The van der Waals surface area contributed by atoms with Crippen LogP contribution in [0.5, 0.6) is 0 Å². The number of pyridine rings is 1. The number of amides is 1. The van der Waals surface area contributed by atoms with E-state index in [0.717, 1.165) is 17.3 Å². The lowest BCUT2D eigenvalue weighted by Crippen LogP contribution is -2.34. The van der Waals surface area contributed by atoms with Gasteiger partial charge in [0.2, 0.25) is 5.91 Å². The quantitative estimate of drug-likeness (QED) is 0.789. The number of unbranched alkanes of at least 4 members (excludes halogenated alkanes) is 1. The van der Waals surface area contributed by atoms with Crippen molar-refractivity contribution in [2.45, 2.75) is 46.1 Å². The van der Waals surface area contributed by atoms with Crippen molar-refractivity contribution in [1.82, 2.24) is 9.88 Å². The van der Waals surface area contributed by atoms with Gasteiger partial charge in [0.1, 0.15) is 6.54 Å². The van der Waals surface area contributed by atoms with Gasteiger partial charge in [-0.2, -0.15) is 0 Å². The van der Waals surface area contributed by atoms with E-state index in [9.17, 15) is 9.59 Å². The molecule has 4 nitrogen and oxygen atoms in total. The van der Waals surface area contributed by atoms with Gasteiger partial charge in [-0.15, -0.1) is 0 Å². The number of halogens is 1. The molecule has 1 heterocycles. The zero-order chi connectivity index (χ0) is 15.0. The van der Waals surface area contributed by atoms with E-state index in [1.165, 1.54) is 23.5 Å². The van der Waals surface area contributed by atoms with E-state index in [2.05, 4.69) is 35.1 Å². The summed E-state index contributed by atoms with van der Waals surface area (Å²) in [4.78, 5) is 23.5. The molecule has 0 bridgehead atoms. The highest BCUT2D eigenvalue weighted by atomic mass is 79.9. The Labute approximate surface area is 128 Å². The van der Waals surface area contributed by atoms with Crippen molar-refractivity contribution in [3.8, 4) is 0 Å². The molecular formula is C15H23BrN2O2. The minimum absolute atomic E-state index is 0.0719. The summed E-state index contributed by atoms with van der Waals surface area (Å²) >= 11 is 3.30. The number of nitrogens with one attached hydrogen (secondary N) is 1. The molecule has 20 heavy (non-hydrogen) atoms. The van der Waals surface area contributed by atoms with Crippen LogP contribution in [-0.2, 0) is 11.3 Å². The zero-order valence-corrected chi connectivity index (χ0v) is 13.8. The Morgan fingerprint density at radius 1 is 1.40 bits per heavy atom. The lowest BCUT2D eigenvalue weighted by Gasteiger charge is -2.15. The molecule has 1 aromatic rings. The van der Waals surface area contributed by atoms with Gasteiger partial charge in [0, 0.05) is 23.3 Å². The number of aromatic nitrogens is 1. The van der Waals surface area contributed by atoms with Gasteiger partial charge in [-0.3, -0.25) is 9.59 Å². The number of nitrogens with zero attached hydrogens (tertiary/aromatic N) is 1. The van der Waals surface area contributed by atoms with Gasteiger partial charge < -0.3 is 9.88 Å². The summed E-state index contributed by atoms with van der Waals surface area (Å²) in [5, 5.41) is 2.92.